The van der Waals surface area contributed by atoms with Crippen LogP contribution >= 0.6 is 11.3 Å². The topological polar surface area (TPSA) is 97.6 Å². The van der Waals surface area contributed by atoms with Gasteiger partial charge in [0.1, 0.15) is 0 Å². The lowest BCUT2D eigenvalue weighted by atomic mass is 10.1. The molecule has 1 aliphatic heterocycles. The second-order valence-corrected chi connectivity index (χ2v) is 7.46. The second-order valence-electron chi connectivity index (χ2n) is 6.43. The number of nitrogens with zero attached hydrogens (tertiary/aromatic N) is 3. The summed E-state index contributed by atoms with van der Waals surface area (Å²) in [5.74, 6) is -0.409. The van der Waals surface area contributed by atoms with Gasteiger partial charge in [0.15, 0.2) is 5.13 Å². The van der Waals surface area contributed by atoms with E-state index in [1.54, 1.807) is 13.0 Å². The number of hydrogen-bond acceptors (Lipinski definition) is 7. The van der Waals surface area contributed by atoms with Crippen LogP contribution in [0.15, 0.2) is 36.4 Å². The molecular formula is C19H18N4O4S. The molecule has 0 atom stereocenters. The van der Waals surface area contributed by atoms with Gasteiger partial charge in [0, 0.05) is 36.0 Å². The minimum absolute atomic E-state index is 0.0768. The summed E-state index contributed by atoms with van der Waals surface area (Å²) in [7, 11) is 0. The minimum Gasteiger partial charge on any atom is -0.378 e. The van der Waals surface area contributed by atoms with Gasteiger partial charge in [0.25, 0.3) is 11.6 Å². The maximum absolute atomic E-state index is 12.6. The van der Waals surface area contributed by atoms with E-state index in [9.17, 15) is 14.9 Å². The van der Waals surface area contributed by atoms with E-state index in [1.165, 1.54) is 23.5 Å². The maximum Gasteiger partial charge on any atom is 0.273 e. The Hall–Kier alpha value is -3.04. The molecule has 2 heterocycles. The van der Waals surface area contributed by atoms with Crippen molar-refractivity contribution in [1.82, 2.24) is 4.98 Å². The predicted octanol–water partition coefficient (Wildman–Crippen LogP) is 3.60. The number of aromatic nitrogens is 1. The van der Waals surface area contributed by atoms with E-state index in [1.807, 2.05) is 12.1 Å². The van der Waals surface area contributed by atoms with Crippen LogP contribution in [-0.2, 0) is 4.74 Å². The molecule has 1 aromatic heterocycles. The van der Waals surface area contributed by atoms with Gasteiger partial charge in [-0.1, -0.05) is 17.4 Å². The number of benzene rings is 2. The fraction of sp³-hybridized carbons (Fsp3) is 0.263. The van der Waals surface area contributed by atoms with E-state index >= 15 is 0 Å². The first-order valence-electron chi connectivity index (χ1n) is 8.81. The van der Waals surface area contributed by atoms with Crippen LogP contribution in [-0.4, -0.2) is 42.1 Å². The number of thiazole rings is 1. The maximum atomic E-state index is 12.6. The molecule has 1 amide bonds. The smallest absolute Gasteiger partial charge is 0.273 e. The monoisotopic (exact) mass is 398 g/mol. The molecule has 4 rings (SSSR count). The summed E-state index contributed by atoms with van der Waals surface area (Å²) in [6.45, 7) is 4.69. The van der Waals surface area contributed by atoms with Crippen molar-refractivity contribution in [1.29, 1.82) is 0 Å². The van der Waals surface area contributed by atoms with Crippen LogP contribution in [0, 0.1) is 17.0 Å². The summed E-state index contributed by atoms with van der Waals surface area (Å²) in [5.41, 5.74) is 2.43. The molecule has 0 bridgehead atoms. The lowest BCUT2D eigenvalue weighted by Crippen LogP contribution is -2.36. The predicted molar refractivity (Wildman–Crippen MR) is 108 cm³/mol. The van der Waals surface area contributed by atoms with Crippen LogP contribution in [0.4, 0.5) is 16.5 Å². The van der Waals surface area contributed by atoms with Gasteiger partial charge < -0.3 is 9.64 Å². The van der Waals surface area contributed by atoms with Crippen molar-refractivity contribution in [2.75, 3.05) is 36.5 Å². The quantitative estimate of drug-likeness (QED) is 0.533. The highest BCUT2D eigenvalue weighted by Gasteiger charge is 2.19. The van der Waals surface area contributed by atoms with Crippen LogP contribution in [0.1, 0.15) is 15.9 Å². The van der Waals surface area contributed by atoms with Crippen molar-refractivity contribution in [3.63, 3.8) is 0 Å². The third-order valence-electron chi connectivity index (χ3n) is 4.72. The molecule has 3 aromatic rings. The van der Waals surface area contributed by atoms with Crippen molar-refractivity contribution in [3.8, 4) is 0 Å². The Morgan fingerprint density at radius 2 is 2.07 bits per heavy atom. The van der Waals surface area contributed by atoms with Crippen molar-refractivity contribution < 1.29 is 14.5 Å². The molecule has 144 valence electrons. The van der Waals surface area contributed by atoms with Gasteiger partial charge in [-0.2, -0.15) is 0 Å². The van der Waals surface area contributed by atoms with Gasteiger partial charge in [-0.05, 0) is 31.2 Å². The molecule has 8 nitrogen and oxygen atoms in total. The Labute approximate surface area is 164 Å². The summed E-state index contributed by atoms with van der Waals surface area (Å²) in [4.78, 5) is 29.9. The summed E-state index contributed by atoms with van der Waals surface area (Å²) < 4.78 is 6.36. The Morgan fingerprint density at radius 3 is 2.82 bits per heavy atom. The molecular weight excluding hydrogens is 380 g/mol. The zero-order valence-corrected chi connectivity index (χ0v) is 16.0. The van der Waals surface area contributed by atoms with E-state index in [0.717, 1.165) is 29.0 Å². The molecule has 1 fully saturated rings. The zero-order chi connectivity index (χ0) is 19.7. The van der Waals surface area contributed by atoms with Gasteiger partial charge >= 0.3 is 0 Å². The number of nitro benzene ring substituents is 1. The highest BCUT2D eigenvalue weighted by molar-refractivity contribution is 7.22. The number of carbonyl (C=O) groups excluding carboxylic acids is 1. The van der Waals surface area contributed by atoms with Crippen molar-refractivity contribution in [2.24, 2.45) is 0 Å². The Morgan fingerprint density at radius 1 is 1.29 bits per heavy atom. The Balaban J connectivity index is 1.57. The lowest BCUT2D eigenvalue weighted by Gasteiger charge is -2.28. The minimum atomic E-state index is -0.489. The molecule has 0 aliphatic carbocycles. The first-order chi connectivity index (χ1) is 13.5. The third-order valence-corrected chi connectivity index (χ3v) is 5.65. The van der Waals surface area contributed by atoms with E-state index < -0.39 is 10.8 Å². The summed E-state index contributed by atoms with van der Waals surface area (Å²) in [6, 6.07) is 10.5. The SMILES string of the molecule is Cc1c(C(=O)Nc2nc3ccc(N4CCOCC4)cc3s2)cccc1[N+](=O)[O-]. The van der Waals surface area contributed by atoms with Crippen LogP contribution in [0.25, 0.3) is 10.2 Å². The molecule has 1 saturated heterocycles. The van der Waals surface area contributed by atoms with Crippen molar-refractivity contribution in [2.45, 2.75) is 6.92 Å². The number of carbonyl (C=O) groups is 1. The number of nitrogens with one attached hydrogen (secondary N) is 1. The zero-order valence-electron chi connectivity index (χ0n) is 15.2. The summed E-state index contributed by atoms with van der Waals surface area (Å²) >= 11 is 1.38. The van der Waals surface area contributed by atoms with Crippen LogP contribution in [0.5, 0.6) is 0 Å². The largest absolute Gasteiger partial charge is 0.378 e. The fourth-order valence-electron chi connectivity index (χ4n) is 3.22. The third kappa shape index (κ3) is 3.54. The van der Waals surface area contributed by atoms with E-state index in [0.29, 0.717) is 23.9 Å². The fourth-order valence-corrected chi connectivity index (χ4v) is 4.11. The van der Waals surface area contributed by atoms with Crippen LogP contribution in [0.2, 0.25) is 0 Å². The second kappa shape index (κ2) is 7.53. The molecule has 0 spiro atoms. The number of anilines is 2. The molecule has 1 aliphatic rings. The number of rotatable bonds is 4. The molecule has 9 heteroatoms. The molecule has 0 unspecified atom stereocenters. The van der Waals surface area contributed by atoms with Gasteiger partial charge in [0.2, 0.25) is 0 Å². The normalized spacial score (nSPS) is 14.2. The molecule has 2 aromatic carbocycles. The Bertz CT molecular complexity index is 1060. The molecule has 1 N–H and O–H groups in total. The van der Waals surface area contributed by atoms with Gasteiger partial charge in [0.05, 0.1) is 28.4 Å². The van der Waals surface area contributed by atoms with E-state index in [4.69, 9.17) is 4.74 Å². The number of ether oxygens (including phenoxy) is 1. The first kappa shape index (κ1) is 18.3. The average molecular weight is 398 g/mol. The average Bonchev–Trinajstić information content (AvgIpc) is 3.09. The summed E-state index contributed by atoms with van der Waals surface area (Å²) in [5, 5.41) is 14.3. The van der Waals surface area contributed by atoms with E-state index in [2.05, 4.69) is 21.3 Å². The van der Waals surface area contributed by atoms with Crippen molar-refractivity contribution in [3.05, 3.63) is 57.6 Å². The highest BCUT2D eigenvalue weighted by atomic mass is 32.1. The number of morpholine rings is 1. The van der Waals surface area contributed by atoms with Crippen LogP contribution in [0.3, 0.4) is 0 Å². The van der Waals surface area contributed by atoms with Crippen molar-refractivity contribution >= 4 is 44.0 Å². The number of nitro groups is 1. The number of fused-ring (bicyclic) bond motifs is 1. The molecule has 0 saturated carbocycles. The highest BCUT2D eigenvalue weighted by Crippen LogP contribution is 2.31. The van der Waals surface area contributed by atoms with E-state index in [-0.39, 0.29) is 11.3 Å². The Kier molecular flexibility index (Phi) is 4.93. The molecule has 28 heavy (non-hydrogen) atoms. The first-order valence-corrected chi connectivity index (χ1v) is 9.63. The number of hydrogen-bond donors (Lipinski definition) is 1. The molecule has 0 radical (unpaired) electrons. The van der Waals surface area contributed by atoms with Gasteiger partial charge in [-0.25, -0.2) is 4.98 Å². The standard InChI is InChI=1S/C19H18N4O4S/c1-12-14(3-2-4-16(12)23(25)26)18(24)21-19-20-15-6-5-13(11-17(15)28-19)22-7-9-27-10-8-22/h2-6,11H,7-10H2,1H3,(H,20,21,24). The van der Waals surface area contributed by atoms with Gasteiger partial charge in [-0.15, -0.1) is 0 Å². The summed E-state index contributed by atoms with van der Waals surface area (Å²) in [6.07, 6.45) is 0. The van der Waals surface area contributed by atoms with Gasteiger partial charge in [-0.3, -0.25) is 20.2 Å². The van der Waals surface area contributed by atoms with Crippen LogP contribution < -0.4 is 10.2 Å². The lowest BCUT2D eigenvalue weighted by molar-refractivity contribution is -0.385. The number of amides is 1.